The van der Waals surface area contributed by atoms with E-state index < -0.39 is 0 Å². The third-order valence-corrected chi connectivity index (χ3v) is 8.70. The number of halogens is 2. The molecule has 1 aliphatic heterocycles. The molecule has 6 heteroatoms. The average Bonchev–Trinajstić information content (AvgIpc) is 3.12. The Morgan fingerprint density at radius 2 is 1.65 bits per heavy atom. The summed E-state index contributed by atoms with van der Waals surface area (Å²) in [7, 11) is 0. The van der Waals surface area contributed by atoms with Gasteiger partial charge < -0.3 is 0 Å². The molecule has 2 aliphatic carbocycles. The maximum absolute atomic E-state index is 12.9. The zero-order valence-electron chi connectivity index (χ0n) is 12.4. The number of Topliss-reactive ketones (excluding diaryl/α,β-unsaturated/α-hetero) is 1. The molecule has 0 N–H and O–H groups in total. The number of imide groups is 1. The highest BCUT2D eigenvalue weighted by Gasteiger charge is 2.66. The molecule has 120 valence electrons. The fourth-order valence-electron chi connectivity index (χ4n) is 4.47. The lowest BCUT2D eigenvalue weighted by molar-refractivity contribution is -0.123. The van der Waals surface area contributed by atoms with Crippen LogP contribution in [0.1, 0.15) is 23.7 Å². The summed E-state index contributed by atoms with van der Waals surface area (Å²) < 4.78 is 0. The number of anilines is 1. The Morgan fingerprint density at radius 1 is 1.09 bits per heavy atom. The first-order valence-corrected chi connectivity index (χ1v) is 9.52. The first kappa shape index (κ1) is 15.5. The quantitative estimate of drug-likeness (QED) is 0.403. The summed E-state index contributed by atoms with van der Waals surface area (Å²) in [6.45, 7) is 1.48. The number of carbonyl (C=O) groups is 3. The van der Waals surface area contributed by atoms with Gasteiger partial charge in [0.15, 0.2) is 5.78 Å². The van der Waals surface area contributed by atoms with Crippen molar-refractivity contribution in [3.8, 4) is 0 Å². The Bertz CT molecular complexity index is 702. The lowest BCUT2D eigenvalue weighted by Gasteiger charge is -2.28. The third-order valence-electron chi connectivity index (χ3n) is 5.50. The highest BCUT2D eigenvalue weighted by molar-refractivity contribution is 9.12. The van der Waals surface area contributed by atoms with E-state index in [1.165, 1.54) is 11.8 Å². The van der Waals surface area contributed by atoms with Crippen molar-refractivity contribution < 1.29 is 14.4 Å². The van der Waals surface area contributed by atoms with Gasteiger partial charge in [0.05, 0.1) is 17.5 Å². The number of benzene rings is 1. The predicted octanol–water partition coefficient (Wildman–Crippen LogP) is 3.17. The number of alkyl halides is 2. The van der Waals surface area contributed by atoms with Gasteiger partial charge in [0.25, 0.3) is 0 Å². The van der Waals surface area contributed by atoms with E-state index in [1.807, 2.05) is 0 Å². The number of rotatable bonds is 2. The Kier molecular flexibility index (Phi) is 3.54. The number of ketones is 1. The van der Waals surface area contributed by atoms with Crippen LogP contribution in [0.25, 0.3) is 0 Å². The summed E-state index contributed by atoms with van der Waals surface area (Å²) in [6, 6.07) is 6.78. The van der Waals surface area contributed by atoms with Crippen molar-refractivity contribution in [3.05, 3.63) is 29.8 Å². The first-order valence-electron chi connectivity index (χ1n) is 7.68. The van der Waals surface area contributed by atoms with Crippen LogP contribution in [0.5, 0.6) is 0 Å². The van der Waals surface area contributed by atoms with E-state index in [2.05, 4.69) is 31.9 Å². The van der Waals surface area contributed by atoms with Crippen molar-refractivity contribution in [2.24, 2.45) is 23.7 Å². The summed E-state index contributed by atoms with van der Waals surface area (Å²) >= 11 is 7.36. The Morgan fingerprint density at radius 3 is 2.17 bits per heavy atom. The highest BCUT2D eigenvalue weighted by atomic mass is 79.9. The summed E-state index contributed by atoms with van der Waals surface area (Å²) in [5.74, 6) is -0.363. The molecule has 1 aromatic rings. The largest absolute Gasteiger partial charge is 0.295 e. The molecule has 1 saturated heterocycles. The van der Waals surface area contributed by atoms with Crippen LogP contribution in [0.3, 0.4) is 0 Å². The minimum Gasteiger partial charge on any atom is -0.295 e. The van der Waals surface area contributed by atoms with Crippen LogP contribution in [0, 0.1) is 23.7 Å². The first-order chi connectivity index (χ1) is 10.9. The van der Waals surface area contributed by atoms with E-state index in [-0.39, 0.29) is 50.9 Å². The average molecular weight is 441 g/mol. The van der Waals surface area contributed by atoms with Crippen molar-refractivity contribution in [2.75, 3.05) is 4.90 Å². The van der Waals surface area contributed by atoms with Crippen molar-refractivity contribution in [3.63, 3.8) is 0 Å². The van der Waals surface area contributed by atoms with Gasteiger partial charge in [-0.1, -0.05) is 44.0 Å². The zero-order valence-corrected chi connectivity index (χ0v) is 15.6. The normalized spacial score (nSPS) is 38.3. The molecule has 6 atom stereocenters. The molecule has 4 rings (SSSR count). The van der Waals surface area contributed by atoms with E-state index in [0.29, 0.717) is 11.3 Å². The molecule has 1 aromatic carbocycles. The number of amides is 2. The second-order valence-corrected chi connectivity index (χ2v) is 8.74. The second-order valence-electron chi connectivity index (χ2n) is 6.62. The topological polar surface area (TPSA) is 54.5 Å². The molecule has 0 radical (unpaired) electrons. The van der Waals surface area contributed by atoms with Gasteiger partial charge in [0.2, 0.25) is 11.8 Å². The molecular weight excluding hydrogens is 426 g/mol. The second kappa shape index (κ2) is 5.24. The molecule has 23 heavy (non-hydrogen) atoms. The van der Waals surface area contributed by atoms with Gasteiger partial charge in [0.1, 0.15) is 0 Å². The van der Waals surface area contributed by atoms with Crippen molar-refractivity contribution in [1.29, 1.82) is 0 Å². The molecule has 2 saturated carbocycles. The highest BCUT2D eigenvalue weighted by Crippen LogP contribution is 2.60. The fraction of sp³-hybridized carbons (Fsp3) is 0.471. The molecule has 0 unspecified atom stereocenters. The van der Waals surface area contributed by atoms with Crippen molar-refractivity contribution in [2.45, 2.75) is 23.0 Å². The van der Waals surface area contributed by atoms with E-state index in [9.17, 15) is 14.4 Å². The standard InChI is InChI=1S/C17H15Br2NO3/c1-7(21)8-3-2-4-9(5-8)20-16(22)12-10-6-11(13(12)17(20)23)15(19)14(10)18/h2-5,10-15H,6H2,1H3/t10-,11+,12-,13-,14-,15+/m0/s1. The van der Waals surface area contributed by atoms with E-state index in [0.717, 1.165) is 6.42 Å². The maximum Gasteiger partial charge on any atom is 0.238 e. The number of hydrogen-bond acceptors (Lipinski definition) is 3. The van der Waals surface area contributed by atoms with Crippen LogP contribution in [0.4, 0.5) is 5.69 Å². The van der Waals surface area contributed by atoms with Gasteiger partial charge >= 0.3 is 0 Å². The summed E-state index contributed by atoms with van der Waals surface area (Å²) in [6.07, 6.45) is 0.917. The number of fused-ring (bicyclic) bond motifs is 5. The molecule has 2 bridgehead atoms. The van der Waals surface area contributed by atoms with Gasteiger partial charge in [-0.05, 0) is 37.3 Å². The smallest absolute Gasteiger partial charge is 0.238 e. The van der Waals surface area contributed by atoms with Crippen LogP contribution < -0.4 is 4.90 Å². The predicted molar refractivity (Wildman–Crippen MR) is 92.9 cm³/mol. The van der Waals surface area contributed by atoms with Gasteiger partial charge in [-0.3, -0.25) is 19.3 Å². The fourth-order valence-corrected chi connectivity index (χ4v) is 6.34. The Labute approximate surface area is 150 Å². The van der Waals surface area contributed by atoms with E-state index >= 15 is 0 Å². The molecule has 0 spiro atoms. The van der Waals surface area contributed by atoms with Gasteiger partial charge in [-0.25, -0.2) is 0 Å². The molecule has 2 amide bonds. The molecule has 0 aromatic heterocycles. The van der Waals surface area contributed by atoms with Crippen LogP contribution in [0.15, 0.2) is 24.3 Å². The number of hydrogen-bond donors (Lipinski definition) is 0. The van der Waals surface area contributed by atoms with Crippen LogP contribution in [-0.2, 0) is 9.59 Å². The van der Waals surface area contributed by atoms with E-state index in [4.69, 9.17) is 0 Å². The molecule has 1 heterocycles. The summed E-state index contributed by atoms with van der Waals surface area (Å²) in [5.41, 5.74) is 1.03. The molecular formula is C17H15Br2NO3. The minimum absolute atomic E-state index is 0.0766. The maximum atomic E-state index is 12.9. The number of nitrogens with zero attached hydrogens (tertiary/aromatic N) is 1. The number of carbonyl (C=O) groups excluding carboxylic acids is 3. The third kappa shape index (κ3) is 2.03. The minimum atomic E-state index is -0.230. The summed E-state index contributed by atoms with van der Waals surface area (Å²) in [5, 5.41) is 0. The Hall–Kier alpha value is -1.01. The zero-order chi connectivity index (χ0) is 16.5. The van der Waals surface area contributed by atoms with Gasteiger partial charge in [0, 0.05) is 15.2 Å². The molecule has 3 aliphatic rings. The summed E-state index contributed by atoms with van der Waals surface area (Å²) in [4.78, 5) is 39.1. The van der Waals surface area contributed by atoms with Gasteiger partial charge in [-0.2, -0.15) is 0 Å². The molecule has 4 nitrogen and oxygen atoms in total. The van der Waals surface area contributed by atoms with Crippen LogP contribution >= 0.6 is 31.9 Å². The lowest BCUT2D eigenvalue weighted by atomic mass is 9.81. The van der Waals surface area contributed by atoms with Crippen LogP contribution in [-0.4, -0.2) is 27.3 Å². The monoisotopic (exact) mass is 439 g/mol. The van der Waals surface area contributed by atoms with Crippen molar-refractivity contribution in [1.82, 2.24) is 0 Å². The SMILES string of the molecule is CC(=O)c1cccc(N2C(=O)[C@H]3[C@@H]4C[C@@H]([C@@H](Br)[C@H]4Br)[C@@H]3C2=O)c1. The molecule has 3 fully saturated rings. The lowest BCUT2D eigenvalue weighted by Crippen LogP contribution is -2.37. The van der Waals surface area contributed by atoms with Crippen molar-refractivity contribution >= 4 is 55.1 Å². The van der Waals surface area contributed by atoms with Gasteiger partial charge in [-0.15, -0.1) is 0 Å². The van der Waals surface area contributed by atoms with E-state index in [1.54, 1.807) is 24.3 Å². The Balaban J connectivity index is 1.73. The van der Waals surface area contributed by atoms with Crippen LogP contribution in [0.2, 0.25) is 0 Å².